The number of carbonyl (C=O) groups excluding carboxylic acids is 1. The number of hydrogen-bond acceptors (Lipinski definition) is 2. The zero-order valence-electron chi connectivity index (χ0n) is 11.0. The maximum atomic E-state index is 13.4. The molecular weight excluding hydrogens is 298 g/mol. The van der Waals surface area contributed by atoms with Gasteiger partial charge < -0.3 is 11.1 Å². The first-order valence-corrected chi connectivity index (χ1v) is 6.58. The molecule has 6 heteroatoms. The predicted octanol–water partition coefficient (Wildman–Crippen LogP) is 3.01. The molecule has 0 aromatic heterocycles. The Morgan fingerprint density at radius 2 is 1.76 bits per heavy atom. The molecule has 2 rings (SSSR count). The fraction of sp³-hybridized carbons (Fsp3) is 0.133. The standard InChI is InChI=1S/C15H13ClF2N2O/c16-13-5-9(15(19)21)1-2-10(13)7-20-8-11-3-4-12(17)6-14(11)18/h1-6,20H,7-8H2,(H2,19,21). The molecule has 110 valence electrons. The van der Waals surface area contributed by atoms with E-state index in [0.29, 0.717) is 22.7 Å². The van der Waals surface area contributed by atoms with Crippen LogP contribution in [-0.2, 0) is 13.1 Å². The van der Waals surface area contributed by atoms with Crippen LogP contribution in [0.5, 0.6) is 0 Å². The molecule has 0 aliphatic rings. The van der Waals surface area contributed by atoms with Gasteiger partial charge in [0.2, 0.25) is 5.91 Å². The number of hydrogen-bond donors (Lipinski definition) is 2. The quantitative estimate of drug-likeness (QED) is 0.892. The monoisotopic (exact) mass is 310 g/mol. The lowest BCUT2D eigenvalue weighted by molar-refractivity contribution is 0.100. The zero-order valence-corrected chi connectivity index (χ0v) is 11.8. The summed E-state index contributed by atoms with van der Waals surface area (Å²) in [5.74, 6) is -1.76. The van der Waals surface area contributed by atoms with Crippen LogP contribution in [0.4, 0.5) is 8.78 Å². The van der Waals surface area contributed by atoms with E-state index in [2.05, 4.69) is 5.32 Å². The van der Waals surface area contributed by atoms with Crippen molar-refractivity contribution in [3.8, 4) is 0 Å². The SMILES string of the molecule is NC(=O)c1ccc(CNCc2ccc(F)cc2F)c(Cl)c1. The van der Waals surface area contributed by atoms with Crippen LogP contribution in [0.3, 0.4) is 0 Å². The van der Waals surface area contributed by atoms with Gasteiger partial charge in [0, 0.05) is 35.3 Å². The Bertz CT molecular complexity index is 677. The lowest BCUT2D eigenvalue weighted by Gasteiger charge is -2.08. The lowest BCUT2D eigenvalue weighted by Crippen LogP contribution is -2.15. The molecule has 0 fully saturated rings. The van der Waals surface area contributed by atoms with E-state index in [4.69, 9.17) is 17.3 Å². The van der Waals surface area contributed by atoms with Gasteiger partial charge in [-0.15, -0.1) is 0 Å². The van der Waals surface area contributed by atoms with Gasteiger partial charge in [-0.2, -0.15) is 0 Å². The number of benzene rings is 2. The van der Waals surface area contributed by atoms with Crippen molar-refractivity contribution in [2.75, 3.05) is 0 Å². The van der Waals surface area contributed by atoms with Crippen LogP contribution in [0.1, 0.15) is 21.5 Å². The van der Waals surface area contributed by atoms with Crippen molar-refractivity contribution in [2.24, 2.45) is 5.73 Å². The van der Waals surface area contributed by atoms with Gasteiger partial charge in [-0.1, -0.05) is 23.7 Å². The summed E-state index contributed by atoms with van der Waals surface area (Å²) in [5, 5.41) is 3.41. The molecule has 0 saturated carbocycles. The number of amides is 1. The van der Waals surface area contributed by atoms with Crippen molar-refractivity contribution in [1.82, 2.24) is 5.32 Å². The zero-order chi connectivity index (χ0) is 15.4. The molecule has 3 N–H and O–H groups in total. The Kier molecular flexibility index (Phi) is 4.88. The number of halogens is 3. The first-order chi connectivity index (χ1) is 9.97. The summed E-state index contributed by atoms with van der Waals surface area (Å²) in [4.78, 5) is 11.0. The third kappa shape index (κ3) is 4.00. The second kappa shape index (κ2) is 6.65. The molecule has 2 aromatic rings. The van der Waals surface area contributed by atoms with Crippen molar-refractivity contribution < 1.29 is 13.6 Å². The molecule has 0 radical (unpaired) electrons. The predicted molar refractivity (Wildman–Crippen MR) is 76.9 cm³/mol. The lowest BCUT2D eigenvalue weighted by atomic mass is 10.1. The normalized spacial score (nSPS) is 10.6. The second-order valence-corrected chi connectivity index (χ2v) is 4.92. The van der Waals surface area contributed by atoms with Crippen LogP contribution in [0.2, 0.25) is 5.02 Å². The summed E-state index contributed by atoms with van der Waals surface area (Å²) in [7, 11) is 0. The van der Waals surface area contributed by atoms with E-state index in [1.54, 1.807) is 12.1 Å². The van der Waals surface area contributed by atoms with Crippen molar-refractivity contribution in [3.63, 3.8) is 0 Å². The summed E-state index contributed by atoms with van der Waals surface area (Å²) in [6, 6.07) is 8.16. The summed E-state index contributed by atoms with van der Waals surface area (Å²) in [5.41, 5.74) is 6.60. The maximum absolute atomic E-state index is 13.4. The Morgan fingerprint density at radius 3 is 2.38 bits per heavy atom. The fourth-order valence-electron chi connectivity index (χ4n) is 1.84. The summed E-state index contributed by atoms with van der Waals surface area (Å²) < 4.78 is 26.2. The molecule has 1 amide bonds. The minimum atomic E-state index is -0.610. The average Bonchev–Trinajstić information content (AvgIpc) is 2.42. The minimum absolute atomic E-state index is 0.236. The van der Waals surface area contributed by atoms with Gasteiger partial charge in [0.15, 0.2) is 0 Å². The van der Waals surface area contributed by atoms with Crippen molar-refractivity contribution >= 4 is 17.5 Å². The molecule has 3 nitrogen and oxygen atoms in total. The number of rotatable bonds is 5. The Balaban J connectivity index is 1.99. The van der Waals surface area contributed by atoms with Gasteiger partial charge in [-0.3, -0.25) is 4.79 Å². The highest BCUT2D eigenvalue weighted by atomic mass is 35.5. The van der Waals surface area contributed by atoms with E-state index in [1.807, 2.05) is 0 Å². The van der Waals surface area contributed by atoms with Crippen LogP contribution in [0, 0.1) is 11.6 Å². The van der Waals surface area contributed by atoms with Crippen molar-refractivity contribution in [1.29, 1.82) is 0 Å². The first-order valence-electron chi connectivity index (χ1n) is 6.20. The van der Waals surface area contributed by atoms with E-state index >= 15 is 0 Å². The topological polar surface area (TPSA) is 55.1 Å². The highest BCUT2D eigenvalue weighted by Crippen LogP contribution is 2.18. The van der Waals surface area contributed by atoms with Crippen LogP contribution in [0.25, 0.3) is 0 Å². The summed E-state index contributed by atoms with van der Waals surface area (Å²) in [6.45, 7) is 0.620. The summed E-state index contributed by atoms with van der Waals surface area (Å²) >= 11 is 6.04. The summed E-state index contributed by atoms with van der Waals surface area (Å²) in [6.07, 6.45) is 0. The molecular formula is C15H13ClF2N2O. The molecule has 0 heterocycles. The largest absolute Gasteiger partial charge is 0.366 e. The van der Waals surface area contributed by atoms with Crippen LogP contribution in [0.15, 0.2) is 36.4 Å². The van der Waals surface area contributed by atoms with E-state index in [0.717, 1.165) is 11.6 Å². The molecule has 0 bridgehead atoms. The van der Waals surface area contributed by atoms with Crippen LogP contribution < -0.4 is 11.1 Å². The third-order valence-electron chi connectivity index (χ3n) is 2.98. The van der Waals surface area contributed by atoms with Gasteiger partial charge in [0.1, 0.15) is 11.6 Å². The first kappa shape index (κ1) is 15.4. The van der Waals surface area contributed by atoms with Gasteiger partial charge in [-0.05, 0) is 23.8 Å². The molecule has 0 saturated heterocycles. The van der Waals surface area contributed by atoms with E-state index in [-0.39, 0.29) is 6.54 Å². The average molecular weight is 311 g/mol. The molecule has 0 atom stereocenters. The Morgan fingerprint density at radius 1 is 1.10 bits per heavy atom. The minimum Gasteiger partial charge on any atom is -0.366 e. The molecule has 0 aliphatic carbocycles. The number of nitrogens with one attached hydrogen (secondary N) is 1. The Labute approximate surface area is 125 Å². The van der Waals surface area contributed by atoms with E-state index < -0.39 is 17.5 Å². The van der Waals surface area contributed by atoms with Crippen molar-refractivity contribution in [3.05, 3.63) is 69.7 Å². The number of primary amides is 1. The molecule has 0 unspecified atom stereocenters. The van der Waals surface area contributed by atoms with Gasteiger partial charge >= 0.3 is 0 Å². The van der Waals surface area contributed by atoms with E-state index in [1.165, 1.54) is 18.2 Å². The van der Waals surface area contributed by atoms with Gasteiger partial charge in [-0.25, -0.2) is 8.78 Å². The van der Waals surface area contributed by atoms with Gasteiger partial charge in [0.25, 0.3) is 0 Å². The maximum Gasteiger partial charge on any atom is 0.248 e. The molecule has 21 heavy (non-hydrogen) atoms. The van der Waals surface area contributed by atoms with Crippen molar-refractivity contribution in [2.45, 2.75) is 13.1 Å². The van der Waals surface area contributed by atoms with E-state index in [9.17, 15) is 13.6 Å². The highest BCUT2D eigenvalue weighted by Gasteiger charge is 2.07. The van der Waals surface area contributed by atoms with Crippen LogP contribution >= 0.6 is 11.6 Å². The number of nitrogens with two attached hydrogens (primary N) is 1. The van der Waals surface area contributed by atoms with Gasteiger partial charge in [0.05, 0.1) is 0 Å². The van der Waals surface area contributed by atoms with Crippen LogP contribution in [-0.4, -0.2) is 5.91 Å². The Hall–Kier alpha value is -1.98. The fourth-order valence-corrected chi connectivity index (χ4v) is 2.09. The molecule has 0 spiro atoms. The highest BCUT2D eigenvalue weighted by molar-refractivity contribution is 6.31. The number of carbonyl (C=O) groups is 1. The molecule has 0 aliphatic heterocycles. The third-order valence-corrected chi connectivity index (χ3v) is 3.34. The second-order valence-electron chi connectivity index (χ2n) is 4.51. The smallest absolute Gasteiger partial charge is 0.248 e. The molecule has 2 aromatic carbocycles.